The van der Waals surface area contributed by atoms with Crippen LogP contribution in [0.25, 0.3) is 0 Å². The second kappa shape index (κ2) is 6.42. The van der Waals surface area contributed by atoms with E-state index in [0.29, 0.717) is 37.6 Å². The SMILES string of the molecule is OC(c1ccccc1)c1c(F)cc(N2CCOCC2)cc1F. The summed E-state index contributed by atoms with van der Waals surface area (Å²) in [5.41, 5.74) is 0.616. The fourth-order valence-electron chi connectivity index (χ4n) is 2.64. The van der Waals surface area contributed by atoms with Crippen molar-refractivity contribution in [2.45, 2.75) is 6.10 Å². The second-order valence-corrected chi connectivity index (χ2v) is 5.24. The third kappa shape index (κ3) is 2.96. The van der Waals surface area contributed by atoms with Crippen LogP contribution < -0.4 is 4.90 Å². The van der Waals surface area contributed by atoms with Gasteiger partial charge in [-0.05, 0) is 17.7 Å². The molecule has 1 fully saturated rings. The van der Waals surface area contributed by atoms with E-state index in [1.54, 1.807) is 30.3 Å². The van der Waals surface area contributed by atoms with E-state index in [0.717, 1.165) is 0 Å². The van der Waals surface area contributed by atoms with Crippen molar-refractivity contribution in [3.63, 3.8) is 0 Å². The van der Waals surface area contributed by atoms with Gasteiger partial charge >= 0.3 is 0 Å². The molecule has 1 unspecified atom stereocenters. The molecule has 0 bridgehead atoms. The minimum atomic E-state index is -1.32. The van der Waals surface area contributed by atoms with Gasteiger partial charge in [0.15, 0.2) is 0 Å². The van der Waals surface area contributed by atoms with Crippen LogP contribution in [-0.4, -0.2) is 31.4 Å². The Morgan fingerprint density at radius 1 is 1.00 bits per heavy atom. The van der Waals surface area contributed by atoms with Gasteiger partial charge < -0.3 is 14.7 Å². The van der Waals surface area contributed by atoms with Crippen LogP contribution in [0.1, 0.15) is 17.2 Å². The lowest BCUT2D eigenvalue weighted by atomic mass is 10.00. The zero-order valence-corrected chi connectivity index (χ0v) is 12.0. The number of anilines is 1. The van der Waals surface area contributed by atoms with Gasteiger partial charge in [0.25, 0.3) is 0 Å². The summed E-state index contributed by atoms with van der Waals surface area (Å²) < 4.78 is 33.9. The van der Waals surface area contributed by atoms with Gasteiger partial charge in [0, 0.05) is 18.8 Å². The normalized spacial score (nSPS) is 16.6. The largest absolute Gasteiger partial charge is 0.383 e. The molecule has 1 saturated heterocycles. The molecule has 0 saturated carbocycles. The summed E-state index contributed by atoms with van der Waals surface area (Å²) in [7, 11) is 0. The molecular formula is C17H17F2NO2. The molecule has 0 amide bonds. The van der Waals surface area contributed by atoms with Crippen molar-refractivity contribution in [1.82, 2.24) is 0 Å². The van der Waals surface area contributed by atoms with Crippen LogP contribution in [0.2, 0.25) is 0 Å². The Hall–Kier alpha value is -1.98. The average Bonchev–Trinajstić information content (AvgIpc) is 2.55. The van der Waals surface area contributed by atoms with E-state index in [1.165, 1.54) is 12.1 Å². The van der Waals surface area contributed by atoms with Gasteiger partial charge in [-0.2, -0.15) is 0 Å². The van der Waals surface area contributed by atoms with Crippen molar-refractivity contribution in [3.05, 3.63) is 65.2 Å². The van der Waals surface area contributed by atoms with Gasteiger partial charge in [-0.15, -0.1) is 0 Å². The Morgan fingerprint density at radius 3 is 2.18 bits per heavy atom. The Bertz CT molecular complexity index is 619. The van der Waals surface area contributed by atoms with Crippen molar-refractivity contribution in [1.29, 1.82) is 0 Å². The summed E-state index contributed by atoms with van der Waals surface area (Å²) in [4.78, 5) is 1.87. The molecule has 0 aliphatic carbocycles. The first-order valence-electron chi connectivity index (χ1n) is 7.21. The minimum Gasteiger partial charge on any atom is -0.383 e. The van der Waals surface area contributed by atoms with Crippen LogP contribution >= 0.6 is 0 Å². The molecule has 2 aromatic rings. The van der Waals surface area contributed by atoms with Crippen LogP contribution in [0.5, 0.6) is 0 Å². The van der Waals surface area contributed by atoms with Gasteiger partial charge in [0.2, 0.25) is 0 Å². The van der Waals surface area contributed by atoms with Crippen molar-refractivity contribution in [3.8, 4) is 0 Å². The molecule has 1 heterocycles. The molecule has 1 aliphatic rings. The lowest BCUT2D eigenvalue weighted by Crippen LogP contribution is -2.36. The van der Waals surface area contributed by atoms with E-state index in [4.69, 9.17) is 4.74 Å². The molecular weight excluding hydrogens is 288 g/mol. The molecule has 0 radical (unpaired) electrons. The first-order chi connectivity index (χ1) is 10.7. The van der Waals surface area contributed by atoms with Crippen molar-refractivity contribution >= 4 is 5.69 Å². The maximum absolute atomic E-state index is 14.3. The van der Waals surface area contributed by atoms with Crippen LogP contribution in [-0.2, 0) is 4.74 Å². The molecule has 116 valence electrons. The molecule has 22 heavy (non-hydrogen) atoms. The fourth-order valence-corrected chi connectivity index (χ4v) is 2.64. The first-order valence-corrected chi connectivity index (χ1v) is 7.21. The van der Waals surface area contributed by atoms with Gasteiger partial charge in [-0.1, -0.05) is 30.3 Å². The van der Waals surface area contributed by atoms with Gasteiger partial charge in [-0.3, -0.25) is 0 Å². The van der Waals surface area contributed by atoms with E-state index >= 15 is 0 Å². The summed E-state index contributed by atoms with van der Waals surface area (Å²) in [6, 6.07) is 11.0. The highest BCUT2D eigenvalue weighted by Crippen LogP contribution is 2.30. The van der Waals surface area contributed by atoms with Gasteiger partial charge in [-0.25, -0.2) is 8.78 Å². The summed E-state index contributed by atoms with van der Waals surface area (Å²) >= 11 is 0. The predicted octanol–water partition coefficient (Wildman–Crippen LogP) is 2.88. The van der Waals surface area contributed by atoms with Crippen molar-refractivity contribution in [2.24, 2.45) is 0 Å². The topological polar surface area (TPSA) is 32.7 Å². The van der Waals surface area contributed by atoms with Crippen LogP contribution in [0.4, 0.5) is 14.5 Å². The average molecular weight is 305 g/mol. The Morgan fingerprint density at radius 2 is 1.59 bits per heavy atom. The lowest BCUT2D eigenvalue weighted by molar-refractivity contribution is 0.122. The molecule has 2 aromatic carbocycles. The quantitative estimate of drug-likeness (QED) is 0.946. The molecule has 1 aliphatic heterocycles. The minimum absolute atomic E-state index is 0.316. The third-order valence-electron chi connectivity index (χ3n) is 3.83. The predicted molar refractivity (Wildman–Crippen MR) is 79.9 cm³/mol. The highest BCUT2D eigenvalue weighted by atomic mass is 19.1. The molecule has 0 aromatic heterocycles. The standard InChI is InChI=1S/C17H17F2NO2/c18-14-10-13(20-6-8-22-9-7-20)11-15(19)16(14)17(21)12-4-2-1-3-5-12/h1-5,10-11,17,21H,6-9H2. The third-order valence-corrected chi connectivity index (χ3v) is 3.83. The summed E-state index contributed by atoms with van der Waals surface area (Å²) in [6.45, 7) is 2.27. The van der Waals surface area contributed by atoms with Crippen molar-refractivity contribution in [2.75, 3.05) is 31.2 Å². The zero-order chi connectivity index (χ0) is 15.5. The van der Waals surface area contributed by atoms with Crippen LogP contribution in [0.15, 0.2) is 42.5 Å². The van der Waals surface area contributed by atoms with E-state index in [-0.39, 0.29) is 5.56 Å². The van der Waals surface area contributed by atoms with E-state index in [2.05, 4.69) is 0 Å². The number of halogens is 2. The zero-order valence-electron chi connectivity index (χ0n) is 12.0. The van der Waals surface area contributed by atoms with Crippen LogP contribution in [0.3, 0.4) is 0 Å². The molecule has 3 nitrogen and oxygen atoms in total. The maximum atomic E-state index is 14.3. The Labute approximate surface area is 127 Å². The number of nitrogens with zero attached hydrogens (tertiary/aromatic N) is 1. The van der Waals surface area contributed by atoms with Gasteiger partial charge in [0.05, 0.1) is 18.8 Å². The Balaban J connectivity index is 1.92. The first kappa shape index (κ1) is 14.9. The molecule has 1 atom stereocenters. The van der Waals surface area contributed by atoms with Gasteiger partial charge in [0.1, 0.15) is 17.7 Å². The van der Waals surface area contributed by atoms with E-state index in [9.17, 15) is 13.9 Å². The molecule has 0 spiro atoms. The summed E-state index contributed by atoms with van der Waals surface area (Å²) in [5.74, 6) is -1.48. The van der Waals surface area contributed by atoms with E-state index in [1.807, 2.05) is 4.90 Å². The Kier molecular flexibility index (Phi) is 4.36. The second-order valence-electron chi connectivity index (χ2n) is 5.24. The van der Waals surface area contributed by atoms with Crippen molar-refractivity contribution < 1.29 is 18.6 Å². The number of hydrogen-bond acceptors (Lipinski definition) is 3. The number of aliphatic hydroxyl groups excluding tert-OH is 1. The number of ether oxygens (including phenoxy) is 1. The van der Waals surface area contributed by atoms with E-state index < -0.39 is 17.7 Å². The molecule has 3 rings (SSSR count). The van der Waals surface area contributed by atoms with Crippen LogP contribution in [0, 0.1) is 11.6 Å². The smallest absolute Gasteiger partial charge is 0.134 e. The number of rotatable bonds is 3. The highest BCUT2D eigenvalue weighted by molar-refractivity contribution is 5.50. The molecule has 1 N–H and O–H groups in total. The molecule has 5 heteroatoms. The number of morpholine rings is 1. The lowest BCUT2D eigenvalue weighted by Gasteiger charge is -2.29. The maximum Gasteiger partial charge on any atom is 0.134 e. The summed E-state index contributed by atoms with van der Waals surface area (Å²) in [5, 5.41) is 10.2. The fraction of sp³-hybridized carbons (Fsp3) is 0.294. The summed E-state index contributed by atoms with van der Waals surface area (Å²) in [6.07, 6.45) is -1.32. The number of aliphatic hydroxyl groups is 1. The number of benzene rings is 2. The number of hydrogen-bond donors (Lipinski definition) is 1. The monoisotopic (exact) mass is 305 g/mol. The highest BCUT2D eigenvalue weighted by Gasteiger charge is 2.22.